The first kappa shape index (κ1) is 24.7. The topological polar surface area (TPSA) is 71.3 Å². The second kappa shape index (κ2) is 9.58. The van der Waals surface area contributed by atoms with Crippen molar-refractivity contribution in [3.05, 3.63) is 70.7 Å². The molecule has 1 saturated carbocycles. The zero-order valence-electron chi connectivity index (χ0n) is 21.0. The Labute approximate surface area is 220 Å². The molecule has 0 N–H and O–H groups in total. The summed E-state index contributed by atoms with van der Waals surface area (Å²) in [4.78, 5) is 6.66. The fraction of sp³-hybridized carbons (Fsp3) is 0.407. The van der Waals surface area contributed by atoms with Gasteiger partial charge in [0.2, 0.25) is 0 Å². The molecule has 0 radical (unpaired) electrons. The molecular weight excluding hydrogens is 509 g/mol. The van der Waals surface area contributed by atoms with Crippen molar-refractivity contribution in [2.75, 3.05) is 26.2 Å². The van der Waals surface area contributed by atoms with Gasteiger partial charge in [-0.2, -0.15) is 9.40 Å². The summed E-state index contributed by atoms with van der Waals surface area (Å²) in [6.07, 6.45) is 7.07. The van der Waals surface area contributed by atoms with Crippen molar-refractivity contribution >= 4 is 32.3 Å². The molecule has 2 aliphatic rings. The Kier molecular flexibility index (Phi) is 6.38. The van der Waals surface area contributed by atoms with Crippen molar-refractivity contribution in [2.24, 2.45) is 5.92 Å². The highest BCUT2D eigenvalue weighted by Gasteiger charge is 2.38. The molecule has 1 aliphatic heterocycles. The standard InChI is InChI=1S/C27H30FN5O2S2/c1-18-12-25-21(14-30-33(25)23-8-6-22(28)7-9-23)13-24(18)26-17-32(11-10-31(26)16-20-4-3-5-20)37(34,35)27-15-29-19(2)36-27/h6-9,12-15,20,26H,3-5,10-11,16-17H2,1-2H3. The van der Waals surface area contributed by atoms with Gasteiger partial charge in [-0.25, -0.2) is 22.5 Å². The van der Waals surface area contributed by atoms with Crippen LogP contribution in [0.5, 0.6) is 0 Å². The molecule has 0 spiro atoms. The van der Waals surface area contributed by atoms with Gasteiger partial charge in [-0.1, -0.05) is 6.42 Å². The van der Waals surface area contributed by atoms with Gasteiger partial charge in [-0.05, 0) is 80.1 Å². The van der Waals surface area contributed by atoms with Gasteiger partial charge in [-0.3, -0.25) is 4.90 Å². The highest BCUT2D eigenvalue weighted by molar-refractivity contribution is 7.91. The van der Waals surface area contributed by atoms with E-state index in [9.17, 15) is 12.8 Å². The second-order valence-electron chi connectivity index (χ2n) is 10.2. The Bertz CT molecular complexity index is 1540. The number of sulfonamides is 1. The van der Waals surface area contributed by atoms with E-state index in [0.717, 1.165) is 39.3 Å². The van der Waals surface area contributed by atoms with Crippen LogP contribution in [0.15, 0.2) is 53.0 Å². The smallest absolute Gasteiger partial charge is 0.254 e. The van der Waals surface area contributed by atoms with E-state index in [1.54, 1.807) is 16.4 Å². The Hall–Kier alpha value is -2.66. The van der Waals surface area contributed by atoms with E-state index in [-0.39, 0.29) is 11.9 Å². The maximum atomic E-state index is 13.5. The largest absolute Gasteiger partial charge is 0.293 e. The fourth-order valence-corrected chi connectivity index (χ4v) is 8.17. The molecule has 6 rings (SSSR count). The molecule has 4 aromatic rings. The molecule has 0 bridgehead atoms. The van der Waals surface area contributed by atoms with Crippen molar-refractivity contribution < 1.29 is 12.8 Å². The first-order valence-corrected chi connectivity index (χ1v) is 15.0. The molecule has 3 heterocycles. The lowest BCUT2D eigenvalue weighted by Crippen LogP contribution is -2.51. The lowest BCUT2D eigenvalue weighted by Gasteiger charge is -2.44. The number of rotatable bonds is 6. The number of aromatic nitrogens is 3. The lowest BCUT2D eigenvalue weighted by atomic mass is 9.84. The fourth-order valence-electron chi connectivity index (χ4n) is 5.47. The minimum atomic E-state index is -3.60. The minimum absolute atomic E-state index is 0.0447. The van der Waals surface area contributed by atoms with Crippen LogP contribution in [0.1, 0.15) is 41.4 Å². The summed E-state index contributed by atoms with van der Waals surface area (Å²) in [5.41, 5.74) is 3.96. The molecule has 2 aromatic heterocycles. The van der Waals surface area contributed by atoms with Crippen molar-refractivity contribution in [3.63, 3.8) is 0 Å². The van der Waals surface area contributed by atoms with Gasteiger partial charge in [0.25, 0.3) is 10.0 Å². The molecule has 2 aromatic carbocycles. The Morgan fingerprint density at radius 2 is 1.86 bits per heavy atom. The number of hydrogen-bond donors (Lipinski definition) is 0. The van der Waals surface area contributed by atoms with Crippen LogP contribution in [-0.4, -0.2) is 58.6 Å². The summed E-state index contributed by atoms with van der Waals surface area (Å²) in [7, 11) is -3.60. The Morgan fingerprint density at radius 1 is 1.08 bits per heavy atom. The second-order valence-corrected chi connectivity index (χ2v) is 13.6. The van der Waals surface area contributed by atoms with Crippen LogP contribution in [0.2, 0.25) is 0 Å². The SMILES string of the molecule is Cc1ncc(S(=O)(=O)N2CCN(CC3CCC3)C(c3cc4cnn(-c5ccc(F)cc5)c4cc3C)C2)s1. The van der Waals surface area contributed by atoms with Crippen LogP contribution in [0.25, 0.3) is 16.6 Å². The van der Waals surface area contributed by atoms with E-state index in [0.29, 0.717) is 29.8 Å². The molecule has 1 unspecified atom stereocenters. The van der Waals surface area contributed by atoms with Gasteiger partial charge in [0, 0.05) is 37.6 Å². The molecule has 0 amide bonds. The van der Waals surface area contributed by atoms with E-state index < -0.39 is 10.0 Å². The molecule has 7 nitrogen and oxygen atoms in total. The number of thiazole rings is 1. The molecule has 1 atom stereocenters. The van der Waals surface area contributed by atoms with Gasteiger partial charge >= 0.3 is 0 Å². The predicted molar refractivity (Wildman–Crippen MR) is 143 cm³/mol. The van der Waals surface area contributed by atoms with E-state index in [1.807, 2.05) is 17.8 Å². The van der Waals surface area contributed by atoms with Gasteiger partial charge in [-0.15, -0.1) is 11.3 Å². The average molecular weight is 540 g/mol. The molecule has 1 saturated heterocycles. The maximum Gasteiger partial charge on any atom is 0.254 e. The minimum Gasteiger partial charge on any atom is -0.293 e. The third kappa shape index (κ3) is 4.60. The lowest BCUT2D eigenvalue weighted by molar-refractivity contribution is 0.0808. The first-order valence-electron chi connectivity index (χ1n) is 12.7. The van der Waals surface area contributed by atoms with E-state index in [1.165, 1.54) is 48.9 Å². The number of aryl methyl sites for hydroxylation is 2. The van der Waals surface area contributed by atoms with Crippen LogP contribution < -0.4 is 0 Å². The van der Waals surface area contributed by atoms with E-state index in [4.69, 9.17) is 0 Å². The monoisotopic (exact) mass is 539 g/mol. The summed E-state index contributed by atoms with van der Waals surface area (Å²) in [6.45, 7) is 6.48. The number of nitrogens with zero attached hydrogens (tertiary/aromatic N) is 5. The molecule has 37 heavy (non-hydrogen) atoms. The van der Waals surface area contributed by atoms with Crippen molar-refractivity contribution in [2.45, 2.75) is 43.4 Å². The summed E-state index contributed by atoms with van der Waals surface area (Å²) in [5.74, 6) is 0.399. The zero-order chi connectivity index (χ0) is 25.7. The van der Waals surface area contributed by atoms with Crippen molar-refractivity contribution in [1.82, 2.24) is 24.0 Å². The number of hydrogen-bond acceptors (Lipinski definition) is 6. The van der Waals surface area contributed by atoms with Crippen LogP contribution in [0.4, 0.5) is 4.39 Å². The third-order valence-corrected chi connectivity index (χ3v) is 11.0. The number of halogens is 1. The zero-order valence-corrected chi connectivity index (χ0v) is 22.6. The van der Waals surface area contributed by atoms with E-state index >= 15 is 0 Å². The maximum absolute atomic E-state index is 13.5. The summed E-state index contributed by atoms with van der Waals surface area (Å²) in [5, 5.41) is 6.30. The van der Waals surface area contributed by atoms with Gasteiger partial charge in [0.05, 0.1) is 28.6 Å². The first-order chi connectivity index (χ1) is 17.8. The summed E-state index contributed by atoms with van der Waals surface area (Å²) >= 11 is 1.23. The summed E-state index contributed by atoms with van der Waals surface area (Å²) < 4.78 is 44.2. The predicted octanol–water partition coefficient (Wildman–Crippen LogP) is 5.09. The van der Waals surface area contributed by atoms with Crippen LogP contribution >= 0.6 is 11.3 Å². The molecule has 194 valence electrons. The normalized spacial score (nSPS) is 19.9. The Morgan fingerprint density at radius 3 is 2.54 bits per heavy atom. The van der Waals surface area contributed by atoms with Crippen molar-refractivity contribution in [1.29, 1.82) is 0 Å². The molecule has 10 heteroatoms. The van der Waals surface area contributed by atoms with Gasteiger partial charge in [0.15, 0.2) is 4.21 Å². The highest BCUT2D eigenvalue weighted by atomic mass is 32.2. The van der Waals surface area contributed by atoms with Crippen LogP contribution in [0.3, 0.4) is 0 Å². The number of piperazine rings is 1. The quantitative estimate of drug-likeness (QED) is 0.342. The average Bonchev–Trinajstić information content (AvgIpc) is 3.48. The third-order valence-electron chi connectivity index (χ3n) is 7.75. The van der Waals surface area contributed by atoms with Crippen LogP contribution in [0, 0.1) is 25.6 Å². The van der Waals surface area contributed by atoms with Crippen molar-refractivity contribution in [3.8, 4) is 5.69 Å². The Balaban J connectivity index is 1.37. The highest BCUT2D eigenvalue weighted by Crippen LogP contribution is 2.37. The number of benzene rings is 2. The molecule has 2 fully saturated rings. The van der Waals surface area contributed by atoms with Gasteiger partial charge < -0.3 is 0 Å². The number of fused-ring (bicyclic) bond motifs is 1. The van der Waals surface area contributed by atoms with Gasteiger partial charge in [0.1, 0.15) is 5.82 Å². The molecule has 1 aliphatic carbocycles. The molecular formula is C27H30FN5O2S2. The van der Waals surface area contributed by atoms with E-state index in [2.05, 4.69) is 34.0 Å². The van der Waals surface area contributed by atoms with Crippen LogP contribution in [-0.2, 0) is 10.0 Å². The summed E-state index contributed by atoms with van der Waals surface area (Å²) in [6, 6.07) is 10.5.